The minimum Gasteiger partial charge on any atom is -0.472 e. The Hall–Kier alpha value is -6.52. The topological polar surface area (TPSA) is 12.5 Å². The molecule has 0 saturated carbocycles. The molecular weight excluding hydrogens is 693 g/mol. The monoisotopic (exact) mass is 731 g/mol. The minimum absolute atomic E-state index is 0.253. The molecule has 2 aliphatic rings. The highest BCUT2D eigenvalue weighted by Crippen LogP contribution is 2.60. The van der Waals surface area contributed by atoms with E-state index in [4.69, 9.17) is 4.74 Å². The van der Waals surface area contributed by atoms with E-state index in [-0.39, 0.29) is 11.6 Å². The molecule has 0 spiro atoms. The number of halogens is 2. The van der Waals surface area contributed by atoms with Crippen LogP contribution in [0, 0.1) is 11.6 Å². The number of hydrogen-bond acceptors (Lipinski definition) is 2. The Morgan fingerprint density at radius 3 is 1.98 bits per heavy atom. The summed E-state index contributed by atoms with van der Waals surface area (Å²) in [5.74, 6) is 0.0445. The van der Waals surface area contributed by atoms with Crippen LogP contribution in [0.5, 0.6) is 5.75 Å². The van der Waals surface area contributed by atoms with Crippen molar-refractivity contribution in [3.05, 3.63) is 209 Å². The number of rotatable bonds is 7. The summed E-state index contributed by atoms with van der Waals surface area (Å²) in [7, 11) is 0. The molecular formula is C52H39F2NO. The lowest BCUT2D eigenvalue weighted by Crippen LogP contribution is -2.35. The fourth-order valence-electron chi connectivity index (χ4n) is 9.57. The van der Waals surface area contributed by atoms with E-state index in [0.29, 0.717) is 11.1 Å². The molecule has 8 aromatic carbocycles. The molecule has 1 aliphatic carbocycles. The maximum absolute atomic E-state index is 15.4. The van der Waals surface area contributed by atoms with Crippen molar-refractivity contribution in [3.8, 4) is 16.9 Å². The molecule has 2 nitrogen and oxygen atoms in total. The van der Waals surface area contributed by atoms with Gasteiger partial charge in [-0.3, -0.25) is 0 Å². The predicted molar refractivity (Wildman–Crippen MR) is 226 cm³/mol. The van der Waals surface area contributed by atoms with E-state index in [1.165, 1.54) is 17.5 Å². The Morgan fingerprint density at radius 2 is 1.21 bits per heavy atom. The molecule has 0 saturated heterocycles. The summed E-state index contributed by atoms with van der Waals surface area (Å²) >= 11 is 0. The van der Waals surface area contributed by atoms with Crippen LogP contribution in [0.4, 0.5) is 25.8 Å². The standard InChI is InChI=1S/C52H39F2NO/c1-3-51(4-2)46-33-38(54)25-29-43(46)48-42-28-24-37(53)32-45(42)50-44(49(48)51)30-31-52(56-50,35-16-7-5-8-17-35)36-22-26-40(27-23-36)55(39-18-9-6-10-19-39)47-21-13-15-34-14-11-12-20-41(34)47/h5-33H,3-4H2,1-2H3. The van der Waals surface area contributed by atoms with Crippen molar-refractivity contribution in [2.24, 2.45) is 0 Å². The molecule has 272 valence electrons. The fraction of sp³-hybridized carbons (Fsp3) is 0.115. The molecule has 10 rings (SSSR count). The number of nitrogens with zero attached hydrogens (tertiary/aromatic N) is 1. The van der Waals surface area contributed by atoms with Crippen LogP contribution < -0.4 is 9.64 Å². The molecule has 0 amide bonds. The zero-order chi connectivity index (χ0) is 38.0. The number of ether oxygens (including phenoxy) is 1. The molecule has 4 heteroatoms. The fourth-order valence-corrected chi connectivity index (χ4v) is 9.57. The van der Waals surface area contributed by atoms with E-state index in [0.717, 1.165) is 79.6 Å². The van der Waals surface area contributed by atoms with Crippen molar-refractivity contribution in [1.82, 2.24) is 0 Å². The van der Waals surface area contributed by atoms with Crippen LogP contribution in [0.2, 0.25) is 0 Å². The molecule has 8 aromatic rings. The van der Waals surface area contributed by atoms with E-state index in [1.807, 2.05) is 36.4 Å². The van der Waals surface area contributed by atoms with Crippen molar-refractivity contribution in [2.75, 3.05) is 4.90 Å². The van der Waals surface area contributed by atoms with Gasteiger partial charge in [0.25, 0.3) is 0 Å². The second-order valence-electron chi connectivity index (χ2n) is 14.9. The smallest absolute Gasteiger partial charge is 0.178 e. The lowest BCUT2D eigenvalue weighted by atomic mass is 9.71. The molecule has 1 heterocycles. The number of para-hydroxylation sites is 1. The van der Waals surface area contributed by atoms with Gasteiger partial charge in [-0.05, 0) is 107 Å². The minimum atomic E-state index is -1.03. The predicted octanol–water partition coefficient (Wildman–Crippen LogP) is 14.2. The summed E-state index contributed by atoms with van der Waals surface area (Å²) in [5.41, 5.74) is 8.63. The zero-order valence-electron chi connectivity index (χ0n) is 31.3. The Morgan fingerprint density at radius 1 is 0.571 bits per heavy atom. The van der Waals surface area contributed by atoms with Gasteiger partial charge in [-0.1, -0.05) is 129 Å². The van der Waals surface area contributed by atoms with Crippen molar-refractivity contribution >= 4 is 44.7 Å². The number of hydrogen-bond donors (Lipinski definition) is 0. The first-order valence-electron chi connectivity index (χ1n) is 19.4. The first kappa shape index (κ1) is 34.0. The molecule has 1 aliphatic heterocycles. The van der Waals surface area contributed by atoms with Gasteiger partial charge in [0.1, 0.15) is 17.4 Å². The van der Waals surface area contributed by atoms with Gasteiger partial charge in [0, 0.05) is 44.3 Å². The number of anilines is 3. The number of benzene rings is 8. The van der Waals surface area contributed by atoms with Crippen molar-refractivity contribution < 1.29 is 13.5 Å². The van der Waals surface area contributed by atoms with Crippen LogP contribution in [0.3, 0.4) is 0 Å². The van der Waals surface area contributed by atoms with Gasteiger partial charge < -0.3 is 9.64 Å². The van der Waals surface area contributed by atoms with E-state index in [2.05, 4.69) is 134 Å². The molecule has 0 fully saturated rings. The van der Waals surface area contributed by atoms with Gasteiger partial charge in [-0.25, -0.2) is 8.78 Å². The second-order valence-corrected chi connectivity index (χ2v) is 14.9. The Kier molecular flexibility index (Phi) is 7.93. The van der Waals surface area contributed by atoms with E-state index in [9.17, 15) is 0 Å². The van der Waals surface area contributed by atoms with Gasteiger partial charge in [0.2, 0.25) is 0 Å². The molecule has 0 aromatic heterocycles. The molecule has 0 bridgehead atoms. The summed E-state index contributed by atoms with van der Waals surface area (Å²) in [4.78, 5) is 2.29. The lowest BCUT2D eigenvalue weighted by Gasteiger charge is -2.39. The molecule has 0 radical (unpaired) electrons. The van der Waals surface area contributed by atoms with Gasteiger partial charge >= 0.3 is 0 Å². The Labute approximate surface area is 326 Å². The molecule has 56 heavy (non-hydrogen) atoms. The van der Waals surface area contributed by atoms with Crippen LogP contribution in [0.15, 0.2) is 170 Å². The van der Waals surface area contributed by atoms with E-state index < -0.39 is 11.0 Å². The van der Waals surface area contributed by atoms with Gasteiger partial charge in [0.05, 0.1) is 5.69 Å². The van der Waals surface area contributed by atoms with Crippen molar-refractivity contribution in [3.63, 3.8) is 0 Å². The highest BCUT2D eigenvalue weighted by molar-refractivity contribution is 6.08. The van der Waals surface area contributed by atoms with Gasteiger partial charge in [-0.2, -0.15) is 0 Å². The first-order valence-corrected chi connectivity index (χ1v) is 19.4. The third-order valence-electron chi connectivity index (χ3n) is 12.2. The lowest BCUT2D eigenvalue weighted by molar-refractivity contribution is 0.163. The average Bonchev–Trinajstić information content (AvgIpc) is 3.54. The highest BCUT2D eigenvalue weighted by Gasteiger charge is 2.47. The van der Waals surface area contributed by atoms with Crippen LogP contribution in [-0.2, 0) is 11.0 Å². The Bertz CT molecular complexity index is 2820. The van der Waals surface area contributed by atoms with Gasteiger partial charge in [0.15, 0.2) is 5.60 Å². The van der Waals surface area contributed by atoms with Crippen LogP contribution >= 0.6 is 0 Å². The zero-order valence-corrected chi connectivity index (χ0v) is 31.3. The largest absolute Gasteiger partial charge is 0.472 e. The average molecular weight is 732 g/mol. The van der Waals surface area contributed by atoms with Crippen molar-refractivity contribution in [1.29, 1.82) is 0 Å². The molecule has 0 N–H and O–H groups in total. The molecule has 1 atom stereocenters. The maximum Gasteiger partial charge on any atom is 0.178 e. The summed E-state index contributed by atoms with van der Waals surface area (Å²) < 4.78 is 37.9. The summed E-state index contributed by atoms with van der Waals surface area (Å²) in [6.45, 7) is 4.35. The van der Waals surface area contributed by atoms with Crippen LogP contribution in [0.25, 0.3) is 38.7 Å². The third kappa shape index (κ3) is 4.98. The van der Waals surface area contributed by atoms with Crippen molar-refractivity contribution in [2.45, 2.75) is 37.7 Å². The SMILES string of the molecule is CCC1(CC)c2cc(F)ccc2-c2c1c1c(c3cc(F)ccc23)OC(c2ccccc2)(c2ccc(N(c3ccccc3)c3cccc4ccccc34)cc2)C=C1. The first-order chi connectivity index (χ1) is 27.5. The quantitative estimate of drug-likeness (QED) is 0.162. The number of fused-ring (bicyclic) bond motifs is 9. The van der Waals surface area contributed by atoms with E-state index >= 15 is 8.78 Å². The van der Waals surface area contributed by atoms with Crippen LogP contribution in [-0.4, -0.2) is 0 Å². The van der Waals surface area contributed by atoms with Gasteiger partial charge in [-0.15, -0.1) is 0 Å². The van der Waals surface area contributed by atoms with E-state index in [1.54, 1.807) is 12.1 Å². The summed E-state index contributed by atoms with van der Waals surface area (Å²) in [6.07, 6.45) is 5.89. The highest BCUT2D eigenvalue weighted by atomic mass is 19.1. The van der Waals surface area contributed by atoms with Crippen LogP contribution in [0.1, 0.15) is 54.5 Å². The Balaban J connectivity index is 1.18. The molecule has 1 unspecified atom stereocenters. The summed E-state index contributed by atoms with van der Waals surface area (Å²) in [5, 5.41) is 3.93. The third-order valence-corrected chi connectivity index (χ3v) is 12.2. The maximum atomic E-state index is 15.4. The normalized spacial score (nSPS) is 16.3. The summed E-state index contributed by atoms with van der Waals surface area (Å²) in [6, 6.07) is 54.3. The second kappa shape index (κ2) is 13.1.